The van der Waals surface area contributed by atoms with Crippen LogP contribution in [0, 0.1) is 10.1 Å². The molecule has 2 aromatic carbocycles. The summed E-state index contributed by atoms with van der Waals surface area (Å²) in [4.78, 5) is 38.0. The number of carbonyl (C=O) groups excluding carboxylic acids is 2. The van der Waals surface area contributed by atoms with Crippen molar-refractivity contribution < 1.29 is 24.4 Å². The summed E-state index contributed by atoms with van der Waals surface area (Å²) in [5, 5.41) is 22.2. The number of nitrogens with zero attached hydrogens (tertiary/aromatic N) is 2. The van der Waals surface area contributed by atoms with E-state index in [1.165, 1.54) is 29.2 Å². The predicted molar refractivity (Wildman–Crippen MR) is 124 cm³/mol. The quantitative estimate of drug-likeness (QED) is 0.151. The lowest BCUT2D eigenvalue weighted by atomic mass is 9.94. The van der Waals surface area contributed by atoms with Crippen LogP contribution in [0.1, 0.15) is 49.9 Å². The van der Waals surface area contributed by atoms with Crippen LogP contribution in [-0.4, -0.2) is 45.9 Å². The van der Waals surface area contributed by atoms with Crippen molar-refractivity contribution in [3.8, 4) is 0 Å². The van der Waals surface area contributed by atoms with Crippen LogP contribution in [0.5, 0.6) is 0 Å². The van der Waals surface area contributed by atoms with E-state index in [-0.39, 0.29) is 29.5 Å². The van der Waals surface area contributed by atoms with E-state index in [0.717, 1.165) is 12.0 Å². The second kappa shape index (κ2) is 10.4. The average molecular weight is 453 g/mol. The van der Waals surface area contributed by atoms with Crippen LogP contribution in [-0.2, 0) is 20.7 Å². The first kappa shape index (κ1) is 24.1. The molecule has 0 radical (unpaired) electrons. The molecule has 0 bridgehead atoms. The molecule has 0 saturated carbocycles. The number of ketones is 1. The van der Waals surface area contributed by atoms with Crippen molar-refractivity contribution in [3.05, 3.63) is 80.9 Å². The second-order valence-electron chi connectivity index (χ2n) is 8.17. The van der Waals surface area contributed by atoms with Crippen LogP contribution in [0.25, 0.3) is 5.76 Å². The maximum Gasteiger partial charge on any atom is 0.295 e. The Morgan fingerprint density at radius 1 is 1.18 bits per heavy atom. The Hall–Kier alpha value is -3.52. The predicted octanol–water partition coefficient (Wildman–Crippen LogP) is 4.39. The van der Waals surface area contributed by atoms with Crippen LogP contribution >= 0.6 is 0 Å². The van der Waals surface area contributed by atoms with E-state index < -0.39 is 28.4 Å². The number of ether oxygens (including phenoxy) is 1. The molecular formula is C25H28N2O6. The number of aryl methyl sites for hydroxylation is 1. The molecule has 1 atom stereocenters. The van der Waals surface area contributed by atoms with Crippen LogP contribution in [0.15, 0.2) is 54.1 Å². The first-order valence-corrected chi connectivity index (χ1v) is 11.0. The molecule has 0 unspecified atom stereocenters. The SMILES string of the molecule is CCc1ccc([C@@H]2C(=C(O)c3cccc([N+](=O)[O-])c3)C(=O)C(=O)N2CCCOC(C)C)cc1. The standard InChI is InChI=1S/C25H28N2O6/c1-4-17-9-11-18(12-10-17)22-21(23(28)19-7-5-8-20(15-19)27(31)32)24(29)25(30)26(22)13-6-14-33-16(2)3/h5,7-12,15-16,22,28H,4,6,13-14H2,1-3H3/t22-/m1/s1. The number of nitro benzene ring substituents is 1. The summed E-state index contributed by atoms with van der Waals surface area (Å²) in [6.45, 7) is 6.55. The fourth-order valence-corrected chi connectivity index (χ4v) is 3.87. The fourth-order valence-electron chi connectivity index (χ4n) is 3.87. The molecule has 3 rings (SSSR count). The zero-order chi connectivity index (χ0) is 24.1. The maximum absolute atomic E-state index is 13.0. The highest BCUT2D eigenvalue weighted by molar-refractivity contribution is 6.46. The highest BCUT2D eigenvalue weighted by atomic mass is 16.6. The number of aliphatic hydroxyl groups is 1. The summed E-state index contributed by atoms with van der Waals surface area (Å²) in [6.07, 6.45) is 1.40. The number of amides is 1. The summed E-state index contributed by atoms with van der Waals surface area (Å²) in [6, 6.07) is 12.1. The normalized spacial score (nSPS) is 17.7. The molecule has 2 aromatic rings. The minimum atomic E-state index is -0.812. The van der Waals surface area contributed by atoms with Crippen molar-refractivity contribution in [3.63, 3.8) is 0 Å². The van der Waals surface area contributed by atoms with Crippen LogP contribution in [0.2, 0.25) is 0 Å². The maximum atomic E-state index is 13.0. The van der Waals surface area contributed by atoms with Gasteiger partial charge in [0, 0.05) is 30.8 Å². The molecule has 0 aromatic heterocycles. The summed E-state index contributed by atoms with van der Waals surface area (Å²) in [5.41, 5.74) is 1.60. The molecule has 1 heterocycles. The van der Waals surface area contributed by atoms with E-state index in [1.807, 2.05) is 45.0 Å². The highest BCUT2D eigenvalue weighted by Crippen LogP contribution is 2.39. The van der Waals surface area contributed by atoms with Gasteiger partial charge < -0.3 is 14.7 Å². The van der Waals surface area contributed by atoms with Crippen molar-refractivity contribution in [2.45, 2.75) is 45.8 Å². The topological polar surface area (TPSA) is 110 Å². The number of Topliss-reactive ketones (excluding diaryl/α,β-unsaturated/α-hetero) is 1. The Labute approximate surface area is 192 Å². The summed E-state index contributed by atoms with van der Waals surface area (Å²) in [7, 11) is 0. The fraction of sp³-hybridized carbons (Fsp3) is 0.360. The van der Waals surface area contributed by atoms with Crippen molar-refractivity contribution >= 4 is 23.1 Å². The molecule has 174 valence electrons. The minimum absolute atomic E-state index is 0.0478. The largest absolute Gasteiger partial charge is 0.507 e. The van der Waals surface area contributed by atoms with Gasteiger partial charge in [0.25, 0.3) is 17.4 Å². The number of benzene rings is 2. The molecule has 1 fully saturated rings. The average Bonchev–Trinajstić information content (AvgIpc) is 3.06. The molecule has 33 heavy (non-hydrogen) atoms. The highest BCUT2D eigenvalue weighted by Gasteiger charge is 2.45. The van der Waals surface area contributed by atoms with Gasteiger partial charge in [0.15, 0.2) is 0 Å². The molecule has 0 aliphatic carbocycles. The third-order valence-electron chi connectivity index (χ3n) is 5.57. The van der Waals surface area contributed by atoms with Crippen LogP contribution in [0.4, 0.5) is 5.69 Å². The molecule has 0 spiro atoms. The zero-order valence-corrected chi connectivity index (χ0v) is 19.0. The Kier molecular flexibility index (Phi) is 7.60. The van der Waals surface area contributed by atoms with Crippen molar-refractivity contribution in [1.29, 1.82) is 0 Å². The molecule has 1 aliphatic rings. The molecule has 8 heteroatoms. The first-order chi connectivity index (χ1) is 15.7. The molecule has 1 amide bonds. The number of rotatable bonds is 9. The summed E-state index contributed by atoms with van der Waals surface area (Å²) in [5.74, 6) is -1.95. The molecule has 1 saturated heterocycles. The second-order valence-corrected chi connectivity index (χ2v) is 8.17. The van der Waals surface area contributed by atoms with Gasteiger partial charge in [0.1, 0.15) is 5.76 Å². The molecule has 1 N–H and O–H groups in total. The van der Waals surface area contributed by atoms with Gasteiger partial charge in [-0.3, -0.25) is 19.7 Å². The van der Waals surface area contributed by atoms with Crippen LogP contribution in [0.3, 0.4) is 0 Å². The van der Waals surface area contributed by atoms with Crippen molar-refractivity contribution in [2.75, 3.05) is 13.2 Å². The van der Waals surface area contributed by atoms with Gasteiger partial charge in [0.05, 0.1) is 22.6 Å². The smallest absolute Gasteiger partial charge is 0.295 e. The number of nitro groups is 1. The number of carbonyl (C=O) groups is 2. The van der Waals surface area contributed by atoms with Gasteiger partial charge in [-0.05, 0) is 37.8 Å². The molecule has 1 aliphatic heterocycles. The van der Waals surface area contributed by atoms with Gasteiger partial charge in [-0.25, -0.2) is 0 Å². The van der Waals surface area contributed by atoms with E-state index in [1.54, 1.807) is 0 Å². The Balaban J connectivity index is 2.06. The Morgan fingerprint density at radius 2 is 1.88 bits per heavy atom. The number of aliphatic hydroxyl groups excluding tert-OH is 1. The summed E-state index contributed by atoms with van der Waals surface area (Å²) >= 11 is 0. The Bertz CT molecular complexity index is 1070. The van der Waals surface area contributed by atoms with E-state index >= 15 is 0 Å². The summed E-state index contributed by atoms with van der Waals surface area (Å²) < 4.78 is 5.57. The first-order valence-electron chi connectivity index (χ1n) is 11.0. The number of non-ortho nitro benzene ring substituents is 1. The van der Waals surface area contributed by atoms with Gasteiger partial charge in [0.2, 0.25) is 0 Å². The lowest BCUT2D eigenvalue weighted by Gasteiger charge is -2.25. The van der Waals surface area contributed by atoms with Gasteiger partial charge in [-0.2, -0.15) is 0 Å². The van der Waals surface area contributed by atoms with Gasteiger partial charge in [-0.1, -0.05) is 43.3 Å². The minimum Gasteiger partial charge on any atom is -0.507 e. The number of likely N-dealkylation sites (tertiary alicyclic amines) is 1. The molecular weight excluding hydrogens is 424 g/mol. The lowest BCUT2D eigenvalue weighted by molar-refractivity contribution is -0.384. The van der Waals surface area contributed by atoms with E-state index in [9.17, 15) is 24.8 Å². The third kappa shape index (κ3) is 5.28. The molecule has 8 nitrogen and oxygen atoms in total. The monoisotopic (exact) mass is 452 g/mol. The van der Waals surface area contributed by atoms with Crippen molar-refractivity contribution in [1.82, 2.24) is 4.90 Å². The van der Waals surface area contributed by atoms with Crippen LogP contribution < -0.4 is 0 Å². The van der Waals surface area contributed by atoms with Crippen molar-refractivity contribution in [2.24, 2.45) is 0 Å². The van der Waals surface area contributed by atoms with E-state index in [0.29, 0.717) is 18.6 Å². The zero-order valence-electron chi connectivity index (χ0n) is 19.0. The van der Waals surface area contributed by atoms with E-state index in [4.69, 9.17) is 4.74 Å². The van der Waals surface area contributed by atoms with Gasteiger partial charge in [-0.15, -0.1) is 0 Å². The van der Waals surface area contributed by atoms with E-state index in [2.05, 4.69) is 0 Å². The number of hydrogen-bond donors (Lipinski definition) is 1. The number of hydrogen-bond acceptors (Lipinski definition) is 6. The Morgan fingerprint density at radius 3 is 2.48 bits per heavy atom. The third-order valence-corrected chi connectivity index (χ3v) is 5.57. The van der Waals surface area contributed by atoms with Gasteiger partial charge >= 0.3 is 0 Å². The lowest BCUT2D eigenvalue weighted by Crippen LogP contribution is -2.31.